The summed E-state index contributed by atoms with van der Waals surface area (Å²) in [4.78, 5) is 3.80. The molecule has 5 nitrogen and oxygen atoms in total. The van der Waals surface area contributed by atoms with Crippen LogP contribution in [0.2, 0.25) is 0 Å². The Hall–Kier alpha value is -1.14. The molecule has 90 valence electrons. The van der Waals surface area contributed by atoms with Crippen LogP contribution in [0.15, 0.2) is 23.2 Å². The Morgan fingerprint density at radius 1 is 1.44 bits per heavy atom. The quantitative estimate of drug-likeness (QED) is 0.764. The van der Waals surface area contributed by atoms with Crippen molar-refractivity contribution in [3.05, 3.63) is 18.3 Å². The van der Waals surface area contributed by atoms with E-state index in [0.29, 0.717) is 6.61 Å². The van der Waals surface area contributed by atoms with Gasteiger partial charge in [0, 0.05) is 6.20 Å². The Balaban J connectivity index is 2.73. The fourth-order valence-corrected chi connectivity index (χ4v) is 1.85. The first-order valence-electron chi connectivity index (χ1n) is 5.16. The Labute approximate surface area is 95.7 Å². The maximum atomic E-state index is 11.2. The highest BCUT2D eigenvalue weighted by Crippen LogP contribution is 2.18. The number of pyridine rings is 1. The molecule has 0 radical (unpaired) electrons. The summed E-state index contributed by atoms with van der Waals surface area (Å²) in [5.74, 6) is 0.0844. The molecule has 0 unspecified atom stereocenters. The highest BCUT2D eigenvalue weighted by Gasteiger charge is 2.15. The molecule has 0 fully saturated rings. The van der Waals surface area contributed by atoms with Crippen molar-refractivity contribution in [2.24, 2.45) is 5.14 Å². The third-order valence-corrected chi connectivity index (χ3v) is 2.95. The summed E-state index contributed by atoms with van der Waals surface area (Å²) in [6.45, 7) is 2.53. The third kappa shape index (κ3) is 3.79. The Bertz CT molecular complexity index is 431. The Kier molecular flexibility index (Phi) is 4.70. The van der Waals surface area contributed by atoms with Gasteiger partial charge in [-0.25, -0.2) is 18.5 Å². The maximum absolute atomic E-state index is 11.2. The monoisotopic (exact) mass is 244 g/mol. The first kappa shape index (κ1) is 12.9. The molecule has 0 aliphatic rings. The van der Waals surface area contributed by atoms with Crippen molar-refractivity contribution in [1.29, 1.82) is 0 Å². The molecule has 0 aromatic carbocycles. The normalized spacial score (nSPS) is 11.4. The van der Waals surface area contributed by atoms with Gasteiger partial charge < -0.3 is 4.74 Å². The number of ether oxygens (including phenoxy) is 1. The SMILES string of the molecule is CCCCCOc1ncccc1S(N)(=O)=O. The van der Waals surface area contributed by atoms with Crippen LogP contribution in [-0.2, 0) is 10.0 Å². The predicted molar refractivity (Wildman–Crippen MR) is 60.6 cm³/mol. The van der Waals surface area contributed by atoms with E-state index in [9.17, 15) is 8.42 Å². The molecule has 0 aliphatic heterocycles. The minimum absolute atomic E-state index is 0.0634. The van der Waals surface area contributed by atoms with Crippen molar-refractivity contribution in [1.82, 2.24) is 4.98 Å². The van der Waals surface area contributed by atoms with Crippen LogP contribution in [0.4, 0.5) is 0 Å². The Morgan fingerprint density at radius 2 is 2.19 bits per heavy atom. The Morgan fingerprint density at radius 3 is 2.81 bits per heavy atom. The molecule has 0 bridgehead atoms. The summed E-state index contributed by atoms with van der Waals surface area (Å²) in [7, 11) is -3.76. The second kappa shape index (κ2) is 5.81. The molecule has 2 N–H and O–H groups in total. The van der Waals surface area contributed by atoms with Crippen molar-refractivity contribution in [2.75, 3.05) is 6.61 Å². The average molecular weight is 244 g/mol. The van der Waals surface area contributed by atoms with Crippen LogP contribution in [0.25, 0.3) is 0 Å². The summed E-state index contributed by atoms with van der Waals surface area (Å²) in [6.07, 6.45) is 4.46. The van der Waals surface area contributed by atoms with E-state index in [-0.39, 0.29) is 10.8 Å². The molecule has 0 spiro atoms. The van der Waals surface area contributed by atoms with Crippen molar-refractivity contribution in [2.45, 2.75) is 31.1 Å². The van der Waals surface area contributed by atoms with Crippen LogP contribution < -0.4 is 9.88 Å². The van der Waals surface area contributed by atoms with Crippen LogP contribution in [0.5, 0.6) is 5.88 Å². The lowest BCUT2D eigenvalue weighted by atomic mass is 10.3. The van der Waals surface area contributed by atoms with Gasteiger partial charge in [-0.2, -0.15) is 0 Å². The number of rotatable bonds is 6. The number of sulfonamides is 1. The number of hydrogen-bond donors (Lipinski definition) is 1. The van der Waals surface area contributed by atoms with Gasteiger partial charge in [0.05, 0.1) is 6.61 Å². The lowest BCUT2D eigenvalue weighted by Crippen LogP contribution is -2.14. The first-order valence-corrected chi connectivity index (χ1v) is 6.71. The van der Waals surface area contributed by atoms with Gasteiger partial charge in [-0.1, -0.05) is 19.8 Å². The summed E-state index contributed by atoms with van der Waals surface area (Å²) >= 11 is 0. The molecule has 0 aliphatic carbocycles. The van der Waals surface area contributed by atoms with E-state index in [2.05, 4.69) is 11.9 Å². The number of nitrogens with zero attached hydrogens (tertiary/aromatic N) is 1. The second-order valence-corrected chi connectivity index (χ2v) is 4.94. The van der Waals surface area contributed by atoms with E-state index in [1.807, 2.05) is 0 Å². The fraction of sp³-hybridized carbons (Fsp3) is 0.500. The standard InChI is InChI=1S/C10H16N2O3S/c1-2-3-4-8-15-10-9(16(11,13)14)6-5-7-12-10/h5-7H,2-4,8H2,1H3,(H2,11,13,14). The number of aromatic nitrogens is 1. The van der Waals surface area contributed by atoms with E-state index in [1.165, 1.54) is 18.3 Å². The molecular weight excluding hydrogens is 228 g/mol. The highest BCUT2D eigenvalue weighted by molar-refractivity contribution is 7.89. The van der Waals surface area contributed by atoms with E-state index in [1.54, 1.807) is 0 Å². The van der Waals surface area contributed by atoms with E-state index in [0.717, 1.165) is 19.3 Å². The summed E-state index contributed by atoms with van der Waals surface area (Å²) in [5, 5.41) is 5.04. The summed E-state index contributed by atoms with van der Waals surface area (Å²) in [5.41, 5.74) is 0. The number of primary sulfonamides is 1. The average Bonchev–Trinajstić information content (AvgIpc) is 2.24. The number of hydrogen-bond acceptors (Lipinski definition) is 4. The van der Waals surface area contributed by atoms with Crippen molar-refractivity contribution < 1.29 is 13.2 Å². The van der Waals surface area contributed by atoms with E-state index < -0.39 is 10.0 Å². The van der Waals surface area contributed by atoms with Crippen LogP contribution in [0, 0.1) is 0 Å². The van der Waals surface area contributed by atoms with Gasteiger partial charge in [-0.3, -0.25) is 0 Å². The molecule has 1 aromatic heterocycles. The molecule has 1 heterocycles. The largest absolute Gasteiger partial charge is 0.477 e. The van der Waals surface area contributed by atoms with Crippen molar-refractivity contribution >= 4 is 10.0 Å². The van der Waals surface area contributed by atoms with Gasteiger partial charge in [0.2, 0.25) is 15.9 Å². The molecule has 1 aromatic rings. The lowest BCUT2D eigenvalue weighted by Gasteiger charge is -2.07. The van der Waals surface area contributed by atoms with Crippen LogP contribution >= 0.6 is 0 Å². The minimum atomic E-state index is -3.76. The smallest absolute Gasteiger partial charge is 0.243 e. The molecule has 6 heteroatoms. The third-order valence-electron chi connectivity index (χ3n) is 2.03. The van der Waals surface area contributed by atoms with Crippen molar-refractivity contribution in [3.8, 4) is 5.88 Å². The molecule has 0 amide bonds. The van der Waals surface area contributed by atoms with Crippen LogP contribution in [0.3, 0.4) is 0 Å². The van der Waals surface area contributed by atoms with Gasteiger partial charge in [-0.05, 0) is 18.6 Å². The highest BCUT2D eigenvalue weighted by atomic mass is 32.2. The molecule has 1 rings (SSSR count). The van der Waals surface area contributed by atoms with Gasteiger partial charge in [-0.15, -0.1) is 0 Å². The minimum Gasteiger partial charge on any atom is -0.477 e. The molecule has 16 heavy (non-hydrogen) atoms. The predicted octanol–water partition coefficient (Wildman–Crippen LogP) is 1.30. The van der Waals surface area contributed by atoms with E-state index >= 15 is 0 Å². The van der Waals surface area contributed by atoms with Gasteiger partial charge in [0.25, 0.3) is 0 Å². The first-order chi connectivity index (χ1) is 7.55. The topological polar surface area (TPSA) is 82.3 Å². The van der Waals surface area contributed by atoms with E-state index in [4.69, 9.17) is 9.88 Å². The summed E-state index contributed by atoms with van der Waals surface area (Å²) in [6, 6.07) is 2.90. The second-order valence-electron chi connectivity index (χ2n) is 3.41. The van der Waals surface area contributed by atoms with Crippen LogP contribution in [-0.4, -0.2) is 20.0 Å². The molecule has 0 saturated carbocycles. The summed E-state index contributed by atoms with van der Waals surface area (Å²) < 4.78 is 27.7. The zero-order valence-corrected chi connectivity index (χ0v) is 10.0. The zero-order chi connectivity index (χ0) is 12.0. The molecule has 0 atom stereocenters. The van der Waals surface area contributed by atoms with Crippen LogP contribution in [0.1, 0.15) is 26.2 Å². The number of nitrogens with two attached hydrogens (primary N) is 1. The molecule has 0 saturated heterocycles. The zero-order valence-electron chi connectivity index (χ0n) is 9.22. The fourth-order valence-electron chi connectivity index (χ4n) is 1.22. The number of unbranched alkanes of at least 4 members (excludes halogenated alkanes) is 2. The van der Waals surface area contributed by atoms with Gasteiger partial charge in [0.15, 0.2) is 0 Å². The molecular formula is C10H16N2O3S. The lowest BCUT2D eigenvalue weighted by molar-refractivity contribution is 0.287. The van der Waals surface area contributed by atoms with Gasteiger partial charge >= 0.3 is 0 Å². The maximum Gasteiger partial charge on any atom is 0.243 e. The van der Waals surface area contributed by atoms with Crippen molar-refractivity contribution in [3.63, 3.8) is 0 Å². The van der Waals surface area contributed by atoms with Gasteiger partial charge in [0.1, 0.15) is 4.90 Å².